The number of nitrogens with zero attached hydrogens (tertiary/aromatic N) is 2. The summed E-state index contributed by atoms with van der Waals surface area (Å²) in [6.45, 7) is 2.71. The average molecular weight is 483 g/mol. The molecule has 3 aromatic carbocycles. The van der Waals surface area contributed by atoms with Crippen LogP contribution in [0.4, 0.5) is 5.69 Å². The smallest absolute Gasteiger partial charge is 0.268 e. The molecule has 0 radical (unpaired) electrons. The molecule has 1 atom stereocenters. The van der Waals surface area contributed by atoms with E-state index in [0.29, 0.717) is 34.5 Å². The predicted molar refractivity (Wildman–Crippen MR) is 130 cm³/mol. The Morgan fingerprint density at radius 1 is 1.06 bits per heavy atom. The van der Waals surface area contributed by atoms with Gasteiger partial charge in [0.05, 0.1) is 12.2 Å². The molecule has 0 saturated carbocycles. The minimum absolute atomic E-state index is 0.140. The molecule has 162 valence electrons. The van der Waals surface area contributed by atoms with Crippen molar-refractivity contribution in [1.82, 2.24) is 4.90 Å². The highest BCUT2D eigenvalue weighted by atomic mass is 35.5. The zero-order valence-corrected chi connectivity index (χ0v) is 19.7. The van der Waals surface area contributed by atoms with E-state index in [9.17, 15) is 9.59 Å². The molecule has 0 aliphatic carbocycles. The van der Waals surface area contributed by atoms with Crippen molar-refractivity contribution in [2.45, 2.75) is 18.3 Å². The Morgan fingerprint density at radius 2 is 1.81 bits per heavy atom. The van der Waals surface area contributed by atoms with Crippen LogP contribution in [0.3, 0.4) is 0 Å². The van der Waals surface area contributed by atoms with E-state index in [2.05, 4.69) is 0 Å². The Balaban J connectivity index is 1.63. The molecule has 0 bridgehead atoms. The van der Waals surface area contributed by atoms with Gasteiger partial charge in [-0.2, -0.15) is 0 Å². The van der Waals surface area contributed by atoms with Gasteiger partial charge in [-0.05, 0) is 48.4 Å². The van der Waals surface area contributed by atoms with Gasteiger partial charge in [-0.15, -0.1) is 11.8 Å². The van der Waals surface area contributed by atoms with Crippen LogP contribution in [0.25, 0.3) is 0 Å². The molecule has 2 aliphatic rings. The third-order valence-corrected chi connectivity index (χ3v) is 8.09. The molecule has 2 amide bonds. The number of fused-ring (bicyclic) bond motifs is 2. The first-order chi connectivity index (χ1) is 15.4. The summed E-state index contributed by atoms with van der Waals surface area (Å²) in [5.41, 5.74) is 3.85. The number of hydrogen-bond acceptors (Lipinski definition) is 3. The Labute approximate surface area is 201 Å². The number of rotatable bonds is 3. The third-order valence-electron chi connectivity index (χ3n) is 6.06. The summed E-state index contributed by atoms with van der Waals surface area (Å²) >= 11 is 14.3. The maximum absolute atomic E-state index is 14.1. The SMILES string of the molecule is Cc1ccccc1C(=O)N1CCSC12C(=O)N(Cc1ccccc1Cl)c1ccc(Cl)cc12. The average Bonchev–Trinajstić information content (AvgIpc) is 3.32. The number of amides is 2. The summed E-state index contributed by atoms with van der Waals surface area (Å²) in [4.78, 5) is 30.0. The molecule has 2 aliphatic heterocycles. The van der Waals surface area contributed by atoms with Gasteiger partial charge in [0.25, 0.3) is 11.8 Å². The van der Waals surface area contributed by atoms with E-state index in [1.807, 2.05) is 67.6 Å². The van der Waals surface area contributed by atoms with Crippen LogP contribution in [-0.2, 0) is 16.2 Å². The first-order valence-corrected chi connectivity index (χ1v) is 12.0. The van der Waals surface area contributed by atoms with Crippen LogP contribution in [0, 0.1) is 6.92 Å². The fraction of sp³-hybridized carbons (Fsp3) is 0.200. The number of anilines is 1. The quantitative estimate of drug-likeness (QED) is 0.467. The Hall–Kier alpha value is -2.47. The van der Waals surface area contributed by atoms with Crippen molar-refractivity contribution in [2.24, 2.45) is 0 Å². The summed E-state index contributed by atoms with van der Waals surface area (Å²) in [6, 6.07) is 20.4. The molecule has 5 rings (SSSR count). The van der Waals surface area contributed by atoms with Gasteiger partial charge in [-0.1, -0.05) is 59.6 Å². The Morgan fingerprint density at radius 3 is 2.59 bits per heavy atom. The second-order valence-electron chi connectivity index (χ2n) is 7.91. The van der Waals surface area contributed by atoms with E-state index in [0.717, 1.165) is 22.4 Å². The van der Waals surface area contributed by atoms with Crippen LogP contribution in [0.2, 0.25) is 10.0 Å². The molecule has 0 N–H and O–H groups in total. The second kappa shape index (κ2) is 8.14. The van der Waals surface area contributed by atoms with Gasteiger partial charge >= 0.3 is 0 Å². The van der Waals surface area contributed by atoms with Gasteiger partial charge in [0.2, 0.25) is 0 Å². The fourth-order valence-corrected chi connectivity index (χ4v) is 6.32. The molecule has 4 nitrogen and oxygen atoms in total. The second-order valence-corrected chi connectivity index (χ2v) is 10.0. The number of thioether (sulfide) groups is 1. The summed E-state index contributed by atoms with van der Waals surface area (Å²) in [5.74, 6) is 0.376. The highest BCUT2D eigenvalue weighted by molar-refractivity contribution is 8.01. The van der Waals surface area contributed by atoms with Crippen molar-refractivity contribution in [3.8, 4) is 0 Å². The van der Waals surface area contributed by atoms with Gasteiger partial charge < -0.3 is 9.80 Å². The zero-order valence-electron chi connectivity index (χ0n) is 17.3. The number of carbonyl (C=O) groups is 2. The lowest BCUT2D eigenvalue weighted by Crippen LogP contribution is -2.50. The van der Waals surface area contributed by atoms with Crippen LogP contribution < -0.4 is 4.90 Å². The topological polar surface area (TPSA) is 40.6 Å². The molecule has 7 heteroatoms. The van der Waals surface area contributed by atoms with Crippen molar-refractivity contribution in [1.29, 1.82) is 0 Å². The summed E-state index contributed by atoms with van der Waals surface area (Å²) < 4.78 is 0. The number of halogens is 2. The van der Waals surface area contributed by atoms with E-state index >= 15 is 0 Å². The summed E-state index contributed by atoms with van der Waals surface area (Å²) in [6.07, 6.45) is 0. The molecule has 1 unspecified atom stereocenters. The fourth-order valence-electron chi connectivity index (χ4n) is 4.50. The summed E-state index contributed by atoms with van der Waals surface area (Å²) in [7, 11) is 0. The highest BCUT2D eigenvalue weighted by Gasteiger charge is 2.59. The first kappa shape index (κ1) is 21.4. The van der Waals surface area contributed by atoms with Crippen molar-refractivity contribution in [3.63, 3.8) is 0 Å². The maximum atomic E-state index is 14.1. The minimum Gasteiger partial charge on any atom is -0.311 e. The van der Waals surface area contributed by atoms with E-state index in [-0.39, 0.29) is 11.8 Å². The molecule has 1 saturated heterocycles. The normalized spacial score (nSPS) is 19.7. The molecule has 1 spiro atoms. The van der Waals surface area contributed by atoms with E-state index in [1.54, 1.807) is 15.9 Å². The predicted octanol–water partition coefficient (Wildman–Crippen LogP) is 5.89. The first-order valence-electron chi connectivity index (χ1n) is 10.3. The number of carbonyl (C=O) groups excluding carboxylic acids is 2. The number of aryl methyl sites for hydroxylation is 1. The molecule has 0 aromatic heterocycles. The molecule has 2 heterocycles. The third kappa shape index (κ3) is 3.22. The monoisotopic (exact) mass is 482 g/mol. The highest BCUT2D eigenvalue weighted by Crippen LogP contribution is 2.55. The molecule has 1 fully saturated rings. The van der Waals surface area contributed by atoms with Gasteiger partial charge in [0.15, 0.2) is 4.87 Å². The lowest BCUT2D eigenvalue weighted by Gasteiger charge is -2.33. The van der Waals surface area contributed by atoms with Gasteiger partial charge in [-0.3, -0.25) is 9.59 Å². The molecular weight excluding hydrogens is 463 g/mol. The van der Waals surface area contributed by atoms with Crippen LogP contribution in [0.1, 0.15) is 27.0 Å². The number of benzene rings is 3. The minimum atomic E-state index is -1.14. The van der Waals surface area contributed by atoms with Gasteiger partial charge in [0.1, 0.15) is 0 Å². The molecular formula is C25H20Cl2N2O2S. The van der Waals surface area contributed by atoms with Crippen molar-refractivity contribution < 1.29 is 9.59 Å². The van der Waals surface area contributed by atoms with Gasteiger partial charge in [-0.25, -0.2) is 0 Å². The van der Waals surface area contributed by atoms with Crippen molar-refractivity contribution in [3.05, 3.63) is 99.0 Å². The maximum Gasteiger partial charge on any atom is 0.268 e. The van der Waals surface area contributed by atoms with Crippen LogP contribution >= 0.6 is 35.0 Å². The lowest BCUT2D eigenvalue weighted by atomic mass is 10.0. The molecule has 3 aromatic rings. The number of hydrogen-bond donors (Lipinski definition) is 0. The van der Waals surface area contributed by atoms with E-state index < -0.39 is 4.87 Å². The van der Waals surface area contributed by atoms with Crippen molar-refractivity contribution >= 4 is 52.5 Å². The molecule has 32 heavy (non-hydrogen) atoms. The van der Waals surface area contributed by atoms with Crippen LogP contribution in [0.15, 0.2) is 66.7 Å². The largest absolute Gasteiger partial charge is 0.311 e. The zero-order chi connectivity index (χ0) is 22.5. The Kier molecular flexibility index (Phi) is 5.44. The van der Waals surface area contributed by atoms with E-state index in [1.165, 1.54) is 11.8 Å². The van der Waals surface area contributed by atoms with E-state index in [4.69, 9.17) is 23.2 Å². The Bertz CT molecular complexity index is 1250. The van der Waals surface area contributed by atoms with Crippen LogP contribution in [-0.4, -0.2) is 29.0 Å². The summed E-state index contributed by atoms with van der Waals surface area (Å²) in [5, 5.41) is 1.13. The standard InChI is InChI=1S/C25H20Cl2N2O2S/c1-16-6-2-4-8-19(16)23(30)29-12-13-32-25(29)20-14-18(26)10-11-22(20)28(24(25)31)15-17-7-3-5-9-21(17)27/h2-11,14H,12-13,15H2,1H3. The van der Waals surface area contributed by atoms with Crippen molar-refractivity contribution in [2.75, 3.05) is 17.2 Å². The lowest BCUT2D eigenvalue weighted by molar-refractivity contribution is -0.123. The van der Waals surface area contributed by atoms with Crippen LogP contribution in [0.5, 0.6) is 0 Å². The van der Waals surface area contributed by atoms with Gasteiger partial charge in [0, 0.05) is 33.5 Å².